The van der Waals surface area contributed by atoms with Crippen LogP contribution in [-0.2, 0) is 13.2 Å². The van der Waals surface area contributed by atoms with Crippen LogP contribution in [0.25, 0.3) is 0 Å². The zero-order chi connectivity index (χ0) is 19.8. The zero-order valence-electron chi connectivity index (χ0n) is 16.8. The molecule has 0 N–H and O–H groups in total. The van der Waals surface area contributed by atoms with Crippen molar-refractivity contribution in [2.24, 2.45) is 0 Å². The molecule has 0 radical (unpaired) electrons. The minimum atomic E-state index is 0.0172. The second-order valence-electron chi connectivity index (χ2n) is 7.44. The second kappa shape index (κ2) is 7.20. The minimum absolute atomic E-state index is 0.0172. The third-order valence-corrected chi connectivity index (χ3v) is 5.52. The molecule has 0 saturated carbocycles. The Morgan fingerprint density at radius 2 is 1.79 bits per heavy atom. The lowest BCUT2D eigenvalue weighted by Gasteiger charge is -2.39. The predicted octanol–water partition coefficient (Wildman–Crippen LogP) is 3.44. The van der Waals surface area contributed by atoms with Gasteiger partial charge in [0.2, 0.25) is 5.95 Å². The minimum Gasteiger partial charge on any atom is -0.298 e. The van der Waals surface area contributed by atoms with Crippen LogP contribution in [0.5, 0.6) is 0 Å². The van der Waals surface area contributed by atoms with Gasteiger partial charge in [0.25, 0.3) is 5.56 Å². The number of benzene rings is 1. The Hall–Kier alpha value is -2.99. The summed E-state index contributed by atoms with van der Waals surface area (Å²) in [5.74, 6) is 0.707. The lowest BCUT2D eigenvalue weighted by Crippen LogP contribution is -2.47. The number of fused-ring (bicyclic) bond motifs is 1. The van der Waals surface area contributed by atoms with Crippen LogP contribution in [0.4, 0.5) is 11.6 Å². The third-order valence-electron chi connectivity index (χ3n) is 5.52. The summed E-state index contributed by atoms with van der Waals surface area (Å²) in [6, 6.07) is 12.2. The van der Waals surface area contributed by atoms with Crippen LogP contribution in [0.1, 0.15) is 28.1 Å². The first-order chi connectivity index (χ1) is 13.5. The van der Waals surface area contributed by atoms with Crippen LogP contribution in [0.2, 0.25) is 0 Å². The number of nitrogens with zero attached hydrogens (tertiary/aromatic N) is 5. The molecule has 6 nitrogen and oxygen atoms in total. The molecule has 0 bridgehead atoms. The van der Waals surface area contributed by atoms with Gasteiger partial charge in [-0.15, -0.1) is 0 Å². The number of hydrogen-bond donors (Lipinski definition) is 0. The van der Waals surface area contributed by atoms with E-state index in [0.717, 1.165) is 17.1 Å². The van der Waals surface area contributed by atoms with Gasteiger partial charge in [0.1, 0.15) is 0 Å². The van der Waals surface area contributed by atoms with E-state index in [1.165, 1.54) is 11.1 Å². The van der Waals surface area contributed by atoms with Gasteiger partial charge in [-0.2, -0.15) is 0 Å². The van der Waals surface area contributed by atoms with Gasteiger partial charge in [0, 0.05) is 29.7 Å². The maximum Gasteiger partial charge on any atom is 0.259 e. The summed E-state index contributed by atoms with van der Waals surface area (Å²) in [5, 5.41) is 0. The van der Waals surface area contributed by atoms with E-state index in [4.69, 9.17) is 4.98 Å². The Kier molecular flexibility index (Phi) is 4.73. The van der Waals surface area contributed by atoms with Gasteiger partial charge < -0.3 is 0 Å². The van der Waals surface area contributed by atoms with Gasteiger partial charge in [0.15, 0.2) is 0 Å². The van der Waals surface area contributed by atoms with Gasteiger partial charge >= 0.3 is 0 Å². The molecule has 0 atom stereocenters. The van der Waals surface area contributed by atoms with Crippen molar-refractivity contribution in [1.82, 2.24) is 19.4 Å². The normalized spacial score (nSPS) is 14.2. The molecule has 0 aliphatic carbocycles. The molecule has 144 valence electrons. The summed E-state index contributed by atoms with van der Waals surface area (Å²) in [6.07, 6.45) is 1.80. The van der Waals surface area contributed by atoms with E-state index in [1.807, 2.05) is 32.0 Å². The molecule has 1 aliphatic rings. The van der Waals surface area contributed by atoms with Crippen LogP contribution < -0.4 is 10.5 Å². The summed E-state index contributed by atoms with van der Waals surface area (Å²) in [7, 11) is 0. The summed E-state index contributed by atoms with van der Waals surface area (Å²) < 4.78 is 1.77. The largest absolute Gasteiger partial charge is 0.298 e. The van der Waals surface area contributed by atoms with Crippen molar-refractivity contribution in [3.8, 4) is 0 Å². The second-order valence-corrected chi connectivity index (χ2v) is 7.44. The van der Waals surface area contributed by atoms with E-state index in [-0.39, 0.29) is 5.56 Å². The number of hydrogen-bond acceptors (Lipinski definition) is 5. The van der Waals surface area contributed by atoms with Crippen molar-refractivity contribution in [3.05, 3.63) is 81.0 Å². The fourth-order valence-corrected chi connectivity index (χ4v) is 3.62. The highest BCUT2D eigenvalue weighted by Gasteiger charge is 2.28. The summed E-state index contributed by atoms with van der Waals surface area (Å²) in [5.41, 5.74) is 5.97. The Labute approximate surface area is 165 Å². The number of anilines is 2. The standard InChI is InChI=1S/C22H25N5O/c1-15-8-7-10-20(16(15)2)26-13-25(12-19-9-5-6-11-23-19)14-27-21(28)17(3)18(4)24-22(26)27/h5-11H,12-14H2,1-4H3. The van der Waals surface area contributed by atoms with Crippen molar-refractivity contribution in [3.63, 3.8) is 0 Å². The van der Waals surface area contributed by atoms with Crippen LogP contribution in [0, 0.1) is 27.7 Å². The first-order valence-corrected chi connectivity index (χ1v) is 9.49. The van der Waals surface area contributed by atoms with Crippen molar-refractivity contribution in [2.45, 2.75) is 40.9 Å². The van der Waals surface area contributed by atoms with Gasteiger partial charge in [-0.05, 0) is 57.0 Å². The zero-order valence-corrected chi connectivity index (χ0v) is 16.8. The summed E-state index contributed by atoms with van der Waals surface area (Å²) in [4.78, 5) is 26.6. The lowest BCUT2D eigenvalue weighted by atomic mass is 10.1. The Morgan fingerprint density at radius 1 is 0.964 bits per heavy atom. The molecule has 2 aromatic heterocycles. The average Bonchev–Trinajstić information content (AvgIpc) is 2.69. The molecule has 0 saturated heterocycles. The molecule has 1 aromatic carbocycles. The molecule has 4 rings (SSSR count). The van der Waals surface area contributed by atoms with Crippen LogP contribution >= 0.6 is 0 Å². The topological polar surface area (TPSA) is 54.3 Å². The molecule has 0 amide bonds. The van der Waals surface area contributed by atoms with Crippen molar-refractivity contribution in [2.75, 3.05) is 11.6 Å². The van der Waals surface area contributed by atoms with Gasteiger partial charge in [-0.1, -0.05) is 18.2 Å². The Morgan fingerprint density at radius 3 is 2.54 bits per heavy atom. The van der Waals surface area contributed by atoms with Crippen LogP contribution in [-0.4, -0.2) is 26.1 Å². The van der Waals surface area contributed by atoms with Crippen molar-refractivity contribution >= 4 is 11.6 Å². The molecule has 0 unspecified atom stereocenters. The van der Waals surface area contributed by atoms with E-state index in [1.54, 1.807) is 10.8 Å². The monoisotopic (exact) mass is 375 g/mol. The van der Waals surface area contributed by atoms with Crippen molar-refractivity contribution < 1.29 is 0 Å². The average molecular weight is 375 g/mol. The van der Waals surface area contributed by atoms with Crippen LogP contribution in [0.15, 0.2) is 47.4 Å². The fraction of sp³-hybridized carbons (Fsp3) is 0.318. The summed E-state index contributed by atoms with van der Waals surface area (Å²) in [6.45, 7) is 9.79. The highest BCUT2D eigenvalue weighted by Crippen LogP contribution is 2.31. The lowest BCUT2D eigenvalue weighted by molar-refractivity contribution is 0.187. The molecule has 0 spiro atoms. The Bertz CT molecular complexity index is 1070. The predicted molar refractivity (Wildman–Crippen MR) is 111 cm³/mol. The molecule has 0 fully saturated rings. The molecular weight excluding hydrogens is 350 g/mol. The van der Waals surface area contributed by atoms with Gasteiger partial charge in [0.05, 0.1) is 19.0 Å². The SMILES string of the molecule is Cc1cccc(N2CN(Cc3ccccn3)Cn3c2nc(C)c(C)c3=O)c1C. The first-order valence-electron chi connectivity index (χ1n) is 9.49. The third kappa shape index (κ3) is 3.20. The highest BCUT2D eigenvalue weighted by molar-refractivity contribution is 5.64. The van der Waals surface area contributed by atoms with E-state index >= 15 is 0 Å². The fourth-order valence-electron chi connectivity index (χ4n) is 3.62. The smallest absolute Gasteiger partial charge is 0.259 e. The molecule has 3 aromatic rings. The van der Waals surface area contributed by atoms with Crippen LogP contribution in [0.3, 0.4) is 0 Å². The number of aryl methyl sites for hydroxylation is 2. The Balaban J connectivity index is 1.83. The maximum absolute atomic E-state index is 13.0. The first kappa shape index (κ1) is 18.4. The van der Waals surface area contributed by atoms with Gasteiger partial charge in [-0.25, -0.2) is 4.98 Å². The van der Waals surface area contributed by atoms with E-state index in [9.17, 15) is 4.79 Å². The molecule has 1 aliphatic heterocycles. The highest BCUT2D eigenvalue weighted by atomic mass is 16.1. The number of aromatic nitrogens is 3. The van der Waals surface area contributed by atoms with Gasteiger partial charge in [-0.3, -0.25) is 24.1 Å². The quantitative estimate of drug-likeness (QED) is 0.702. The maximum atomic E-state index is 13.0. The van der Waals surface area contributed by atoms with E-state index < -0.39 is 0 Å². The molecule has 6 heteroatoms. The van der Waals surface area contributed by atoms with E-state index in [0.29, 0.717) is 31.4 Å². The number of rotatable bonds is 3. The molecule has 3 heterocycles. The molecule has 28 heavy (non-hydrogen) atoms. The number of pyridine rings is 1. The van der Waals surface area contributed by atoms with E-state index in [2.05, 4.69) is 46.8 Å². The summed E-state index contributed by atoms with van der Waals surface area (Å²) >= 11 is 0. The van der Waals surface area contributed by atoms with Crippen molar-refractivity contribution in [1.29, 1.82) is 0 Å². The molecular formula is C22H25N5O.